The van der Waals surface area contributed by atoms with Crippen LogP contribution in [-0.2, 0) is 0 Å². The number of allylic oxidation sites excluding steroid dienone is 1. The van der Waals surface area contributed by atoms with Crippen molar-refractivity contribution in [2.24, 2.45) is 0 Å². The number of hydrogen-bond donors (Lipinski definition) is 2. The van der Waals surface area contributed by atoms with Crippen LogP contribution in [0.3, 0.4) is 0 Å². The number of carbonyl (C=O) groups is 1. The molecule has 0 aliphatic carbocycles. The summed E-state index contributed by atoms with van der Waals surface area (Å²) in [6.45, 7) is 4.18. The molecule has 0 spiro atoms. The highest BCUT2D eigenvalue weighted by atomic mass is 35.5. The number of ether oxygens (including phenoxy) is 2. The maximum atomic E-state index is 13.2. The molecule has 0 bridgehead atoms. The first-order chi connectivity index (χ1) is 13.5. The van der Waals surface area contributed by atoms with Crippen LogP contribution in [-0.4, -0.2) is 24.6 Å². The molecule has 0 radical (unpaired) electrons. The van der Waals surface area contributed by atoms with Gasteiger partial charge in [-0.15, -0.1) is 0 Å². The number of hydrogen-bond acceptors (Lipinski definition) is 4. The number of thiocarbonyl (C=S) groups is 1. The average molecular weight is 417 g/mol. The molecule has 146 valence electrons. The molecule has 1 heterocycles. The summed E-state index contributed by atoms with van der Waals surface area (Å²) in [7, 11) is 1.54. The molecule has 0 amide bonds. The second-order valence-corrected chi connectivity index (χ2v) is 7.05. The van der Waals surface area contributed by atoms with Crippen LogP contribution in [0.15, 0.2) is 53.7 Å². The van der Waals surface area contributed by atoms with Crippen molar-refractivity contribution in [1.29, 1.82) is 0 Å². The Morgan fingerprint density at radius 1 is 1.25 bits per heavy atom. The normalized spacial score (nSPS) is 16.3. The van der Waals surface area contributed by atoms with Crippen LogP contribution in [0, 0.1) is 0 Å². The predicted molar refractivity (Wildman–Crippen MR) is 114 cm³/mol. The number of halogens is 1. The Kier molecular flexibility index (Phi) is 6.21. The fourth-order valence-electron chi connectivity index (χ4n) is 3.21. The summed E-state index contributed by atoms with van der Waals surface area (Å²) in [4.78, 5) is 13.2. The van der Waals surface area contributed by atoms with Gasteiger partial charge in [-0.2, -0.15) is 0 Å². The first-order valence-corrected chi connectivity index (χ1v) is 9.63. The van der Waals surface area contributed by atoms with Gasteiger partial charge in [0.2, 0.25) is 0 Å². The van der Waals surface area contributed by atoms with E-state index in [9.17, 15) is 4.79 Å². The predicted octanol–water partition coefficient (Wildman–Crippen LogP) is 4.42. The molecule has 7 heteroatoms. The van der Waals surface area contributed by atoms with Crippen molar-refractivity contribution < 1.29 is 14.3 Å². The number of carbonyl (C=O) groups excluding carboxylic acids is 1. The number of ketones is 1. The van der Waals surface area contributed by atoms with Gasteiger partial charge < -0.3 is 20.1 Å². The zero-order valence-electron chi connectivity index (χ0n) is 15.8. The number of nitrogens with one attached hydrogen (secondary N) is 2. The second-order valence-electron chi connectivity index (χ2n) is 6.23. The van der Waals surface area contributed by atoms with Crippen LogP contribution in [0.5, 0.6) is 11.5 Å². The largest absolute Gasteiger partial charge is 0.491 e. The number of Topliss-reactive ketones (excluding diaryl/α,β-unsaturated/α-hetero) is 1. The van der Waals surface area contributed by atoms with Crippen LogP contribution in [0.25, 0.3) is 0 Å². The van der Waals surface area contributed by atoms with Crippen molar-refractivity contribution in [3.63, 3.8) is 0 Å². The molecule has 0 saturated carbocycles. The monoisotopic (exact) mass is 416 g/mol. The van der Waals surface area contributed by atoms with Gasteiger partial charge in [-0.05, 0) is 43.8 Å². The SMILES string of the molecule is CCOc1cc(C2NC(=S)NC(C)=C2C(=O)c2ccccc2)cc(Cl)c1OC. The molecule has 1 atom stereocenters. The highest BCUT2D eigenvalue weighted by Gasteiger charge is 2.31. The Balaban J connectivity index is 2.11. The van der Waals surface area contributed by atoms with E-state index in [1.807, 2.05) is 38.1 Å². The summed E-state index contributed by atoms with van der Waals surface area (Å²) >= 11 is 11.7. The highest BCUT2D eigenvalue weighted by molar-refractivity contribution is 7.80. The Morgan fingerprint density at radius 3 is 2.61 bits per heavy atom. The van der Waals surface area contributed by atoms with E-state index in [-0.39, 0.29) is 5.78 Å². The van der Waals surface area contributed by atoms with Crippen LogP contribution in [0.1, 0.15) is 35.8 Å². The van der Waals surface area contributed by atoms with E-state index >= 15 is 0 Å². The van der Waals surface area contributed by atoms with Gasteiger partial charge in [0, 0.05) is 16.8 Å². The van der Waals surface area contributed by atoms with Crippen LogP contribution in [0.4, 0.5) is 0 Å². The number of rotatable bonds is 6. The van der Waals surface area contributed by atoms with Crippen molar-refractivity contribution in [3.8, 4) is 11.5 Å². The maximum Gasteiger partial charge on any atom is 0.193 e. The summed E-state index contributed by atoms with van der Waals surface area (Å²) < 4.78 is 11.0. The van der Waals surface area contributed by atoms with E-state index in [0.717, 1.165) is 5.56 Å². The molecule has 1 unspecified atom stereocenters. The van der Waals surface area contributed by atoms with Gasteiger partial charge in [0.25, 0.3) is 0 Å². The molecule has 5 nitrogen and oxygen atoms in total. The van der Waals surface area contributed by atoms with E-state index in [1.165, 1.54) is 7.11 Å². The lowest BCUT2D eigenvalue weighted by molar-refractivity contribution is 0.102. The minimum absolute atomic E-state index is 0.0875. The Bertz CT molecular complexity index is 944. The fourth-order valence-corrected chi connectivity index (χ4v) is 3.77. The molecular formula is C21H21ClN2O3S. The molecule has 1 aliphatic rings. The summed E-state index contributed by atoms with van der Waals surface area (Å²) in [5.74, 6) is 0.888. The zero-order valence-corrected chi connectivity index (χ0v) is 17.4. The summed E-state index contributed by atoms with van der Waals surface area (Å²) in [6.07, 6.45) is 0. The topological polar surface area (TPSA) is 59.6 Å². The number of methoxy groups -OCH3 is 1. The van der Waals surface area contributed by atoms with Crippen molar-refractivity contribution in [1.82, 2.24) is 10.6 Å². The molecule has 2 N–H and O–H groups in total. The van der Waals surface area contributed by atoms with Gasteiger partial charge in [0.05, 0.1) is 24.8 Å². The maximum absolute atomic E-state index is 13.2. The van der Waals surface area contributed by atoms with Crippen molar-refractivity contribution >= 4 is 34.7 Å². The molecular weight excluding hydrogens is 396 g/mol. The van der Waals surface area contributed by atoms with E-state index in [2.05, 4.69) is 10.6 Å². The van der Waals surface area contributed by atoms with Gasteiger partial charge >= 0.3 is 0 Å². The quantitative estimate of drug-likeness (QED) is 0.537. The van der Waals surface area contributed by atoms with Crippen LogP contribution in [0.2, 0.25) is 5.02 Å². The Morgan fingerprint density at radius 2 is 1.96 bits per heavy atom. The fraction of sp³-hybridized carbons (Fsp3) is 0.238. The van der Waals surface area contributed by atoms with E-state index in [1.54, 1.807) is 18.2 Å². The lowest BCUT2D eigenvalue weighted by Crippen LogP contribution is -2.44. The highest BCUT2D eigenvalue weighted by Crippen LogP contribution is 2.40. The van der Waals surface area contributed by atoms with Gasteiger partial charge in [-0.25, -0.2) is 0 Å². The van der Waals surface area contributed by atoms with E-state index < -0.39 is 6.04 Å². The van der Waals surface area contributed by atoms with Crippen molar-refractivity contribution in [3.05, 3.63) is 69.9 Å². The summed E-state index contributed by atoms with van der Waals surface area (Å²) in [5.41, 5.74) is 2.63. The summed E-state index contributed by atoms with van der Waals surface area (Å²) in [5, 5.41) is 7.07. The van der Waals surface area contributed by atoms with Crippen molar-refractivity contribution in [2.75, 3.05) is 13.7 Å². The molecule has 0 aromatic heterocycles. The molecule has 2 aromatic rings. The van der Waals surface area contributed by atoms with Crippen LogP contribution < -0.4 is 20.1 Å². The lowest BCUT2D eigenvalue weighted by Gasteiger charge is -2.31. The Labute approximate surface area is 174 Å². The smallest absolute Gasteiger partial charge is 0.193 e. The van der Waals surface area contributed by atoms with E-state index in [0.29, 0.717) is 45.1 Å². The standard InChI is InChI=1S/C21H21ClN2O3S/c1-4-27-16-11-14(10-15(22)20(16)26-3)18-17(12(2)23-21(28)24-18)19(25)13-8-6-5-7-9-13/h5-11,18H,4H2,1-3H3,(H2,23,24,28). The average Bonchev–Trinajstić information content (AvgIpc) is 2.67. The molecule has 0 fully saturated rings. The Hall–Kier alpha value is -2.57. The first-order valence-electron chi connectivity index (χ1n) is 8.84. The van der Waals surface area contributed by atoms with Gasteiger partial charge in [-0.1, -0.05) is 41.9 Å². The van der Waals surface area contributed by atoms with Crippen molar-refractivity contribution in [2.45, 2.75) is 19.9 Å². The number of benzene rings is 2. The first kappa shape index (κ1) is 20.2. The minimum Gasteiger partial charge on any atom is -0.491 e. The zero-order chi connectivity index (χ0) is 20.3. The third kappa shape index (κ3) is 3.98. The molecule has 2 aromatic carbocycles. The van der Waals surface area contributed by atoms with Crippen LogP contribution >= 0.6 is 23.8 Å². The third-order valence-corrected chi connectivity index (χ3v) is 4.92. The second kappa shape index (κ2) is 8.63. The third-order valence-electron chi connectivity index (χ3n) is 4.42. The molecule has 3 rings (SSSR count). The lowest BCUT2D eigenvalue weighted by atomic mass is 9.89. The summed E-state index contributed by atoms with van der Waals surface area (Å²) in [6, 6.07) is 12.3. The molecule has 0 saturated heterocycles. The van der Waals surface area contributed by atoms with Gasteiger partial charge in [-0.3, -0.25) is 4.79 Å². The van der Waals surface area contributed by atoms with Gasteiger partial charge in [0.15, 0.2) is 22.4 Å². The van der Waals surface area contributed by atoms with Gasteiger partial charge in [0.1, 0.15) is 0 Å². The molecule has 1 aliphatic heterocycles. The molecule has 28 heavy (non-hydrogen) atoms. The van der Waals surface area contributed by atoms with E-state index in [4.69, 9.17) is 33.3 Å². The minimum atomic E-state index is -0.468.